The first-order valence-corrected chi connectivity index (χ1v) is 11.8. The van der Waals surface area contributed by atoms with Gasteiger partial charge in [-0.05, 0) is 35.4 Å². The molecule has 0 aromatic heterocycles. The molecule has 0 unspecified atom stereocenters. The SMILES string of the molecule is COc1cc([C@@H](O)[C@@H](CO[C@@H]2O[C@H](CO)[C@@H](O)[C@H](O)[C@H]2O)Oc2ccc(/C=C/CO)cc2OC)ccc1O. The van der Waals surface area contributed by atoms with Crippen molar-refractivity contribution in [3.05, 3.63) is 53.6 Å². The van der Waals surface area contributed by atoms with Crippen LogP contribution in [0.15, 0.2) is 42.5 Å². The molecule has 3 rings (SSSR count). The lowest BCUT2D eigenvalue weighted by atomic mass is 9.99. The van der Waals surface area contributed by atoms with Gasteiger partial charge < -0.3 is 59.4 Å². The Hall–Kier alpha value is -2.94. The minimum Gasteiger partial charge on any atom is -0.504 e. The summed E-state index contributed by atoms with van der Waals surface area (Å²) in [6.07, 6.45) is -6.74. The molecule has 2 aromatic carbocycles. The highest BCUT2D eigenvalue weighted by Crippen LogP contribution is 2.35. The molecule has 1 aliphatic heterocycles. The summed E-state index contributed by atoms with van der Waals surface area (Å²) in [5, 5.41) is 70.0. The monoisotopic (exact) mass is 538 g/mol. The number of aliphatic hydroxyl groups is 6. The first-order chi connectivity index (χ1) is 18.2. The Labute approximate surface area is 219 Å². The summed E-state index contributed by atoms with van der Waals surface area (Å²) in [5.74, 6) is 0.540. The second-order valence-electron chi connectivity index (χ2n) is 8.56. The molecule has 0 aliphatic carbocycles. The largest absolute Gasteiger partial charge is 0.504 e. The van der Waals surface area contributed by atoms with Gasteiger partial charge in [0, 0.05) is 0 Å². The summed E-state index contributed by atoms with van der Waals surface area (Å²) in [6.45, 7) is -1.16. The average molecular weight is 539 g/mol. The van der Waals surface area contributed by atoms with E-state index in [1.165, 1.54) is 32.4 Å². The van der Waals surface area contributed by atoms with Crippen molar-refractivity contribution in [1.29, 1.82) is 0 Å². The van der Waals surface area contributed by atoms with Gasteiger partial charge in [-0.3, -0.25) is 0 Å². The number of hydrogen-bond donors (Lipinski definition) is 7. The van der Waals surface area contributed by atoms with Gasteiger partial charge in [0.05, 0.1) is 34.0 Å². The second kappa shape index (κ2) is 13.7. The Morgan fingerprint density at radius 3 is 2.32 bits per heavy atom. The Kier molecular flexibility index (Phi) is 10.7. The summed E-state index contributed by atoms with van der Waals surface area (Å²) in [4.78, 5) is 0. The lowest BCUT2D eigenvalue weighted by molar-refractivity contribution is -0.305. The molecule has 2 aromatic rings. The molecule has 7 atom stereocenters. The van der Waals surface area contributed by atoms with Crippen LogP contribution in [0.5, 0.6) is 23.0 Å². The lowest BCUT2D eigenvalue weighted by Crippen LogP contribution is -2.59. The number of aromatic hydroxyl groups is 1. The molecule has 0 spiro atoms. The van der Waals surface area contributed by atoms with E-state index in [4.69, 9.17) is 28.8 Å². The zero-order valence-corrected chi connectivity index (χ0v) is 21.0. The predicted molar refractivity (Wildman–Crippen MR) is 133 cm³/mol. The van der Waals surface area contributed by atoms with E-state index in [-0.39, 0.29) is 30.5 Å². The number of aliphatic hydroxyl groups excluding tert-OH is 6. The van der Waals surface area contributed by atoms with Crippen LogP contribution >= 0.6 is 0 Å². The van der Waals surface area contributed by atoms with Crippen LogP contribution in [0.2, 0.25) is 0 Å². The molecule has 12 heteroatoms. The van der Waals surface area contributed by atoms with Gasteiger partial charge in [-0.1, -0.05) is 24.3 Å². The van der Waals surface area contributed by atoms with Crippen molar-refractivity contribution < 1.29 is 59.4 Å². The minimum absolute atomic E-state index is 0.118. The molecule has 1 heterocycles. The molecule has 38 heavy (non-hydrogen) atoms. The third kappa shape index (κ3) is 6.92. The van der Waals surface area contributed by atoms with E-state index in [9.17, 15) is 30.6 Å². The summed E-state index contributed by atoms with van der Waals surface area (Å²) in [5.41, 5.74) is 1.03. The van der Waals surface area contributed by atoms with Gasteiger partial charge in [-0.15, -0.1) is 0 Å². The van der Waals surface area contributed by atoms with Gasteiger partial charge in [-0.2, -0.15) is 0 Å². The topological polar surface area (TPSA) is 188 Å². The Morgan fingerprint density at radius 1 is 0.921 bits per heavy atom. The van der Waals surface area contributed by atoms with E-state index in [0.29, 0.717) is 11.3 Å². The molecule has 0 radical (unpaired) electrons. The summed E-state index contributed by atoms with van der Waals surface area (Å²) in [7, 11) is 2.79. The van der Waals surface area contributed by atoms with Crippen molar-refractivity contribution in [3.8, 4) is 23.0 Å². The van der Waals surface area contributed by atoms with E-state index in [1.807, 2.05) is 0 Å². The molecule has 0 bridgehead atoms. The standard InChI is InChI=1S/C26H34O12/c1-34-18-11-15(6-7-16(18)29)22(30)21(13-36-26-25(33)24(32)23(31)20(12-28)38-26)37-17-8-5-14(4-3-9-27)10-19(17)35-2/h3-8,10-11,20-33H,9,12-13H2,1-2H3/b4-3+/t20-,21-,22-,23-,24+,25-,26-/m1/s1. The molecular weight excluding hydrogens is 504 g/mol. The zero-order valence-electron chi connectivity index (χ0n) is 21.0. The predicted octanol–water partition coefficient (Wildman–Crippen LogP) is -0.288. The third-order valence-corrected chi connectivity index (χ3v) is 6.05. The van der Waals surface area contributed by atoms with Crippen LogP contribution in [0.4, 0.5) is 0 Å². The van der Waals surface area contributed by atoms with Crippen LogP contribution in [0, 0.1) is 0 Å². The molecule has 210 valence electrons. The average Bonchev–Trinajstić information content (AvgIpc) is 2.93. The highest BCUT2D eigenvalue weighted by Gasteiger charge is 2.44. The maximum absolute atomic E-state index is 11.2. The van der Waals surface area contributed by atoms with E-state index in [2.05, 4.69) is 0 Å². The van der Waals surface area contributed by atoms with Crippen molar-refractivity contribution in [2.45, 2.75) is 42.9 Å². The first kappa shape index (κ1) is 29.6. The number of ether oxygens (including phenoxy) is 5. The van der Waals surface area contributed by atoms with Gasteiger partial charge in [0.1, 0.15) is 30.5 Å². The van der Waals surface area contributed by atoms with Gasteiger partial charge in [-0.25, -0.2) is 0 Å². The van der Waals surface area contributed by atoms with Crippen LogP contribution in [-0.4, -0.2) is 107 Å². The summed E-state index contributed by atoms with van der Waals surface area (Å²) in [6, 6.07) is 9.19. The summed E-state index contributed by atoms with van der Waals surface area (Å²) < 4.78 is 27.7. The number of benzene rings is 2. The molecular formula is C26H34O12. The smallest absolute Gasteiger partial charge is 0.186 e. The van der Waals surface area contributed by atoms with Crippen molar-refractivity contribution in [2.75, 3.05) is 34.0 Å². The Bertz CT molecular complexity index is 1060. The third-order valence-electron chi connectivity index (χ3n) is 6.05. The Morgan fingerprint density at radius 2 is 1.66 bits per heavy atom. The normalized spacial score (nSPS) is 25.2. The highest BCUT2D eigenvalue weighted by molar-refractivity contribution is 5.56. The van der Waals surface area contributed by atoms with Crippen molar-refractivity contribution in [1.82, 2.24) is 0 Å². The quantitative estimate of drug-likeness (QED) is 0.187. The number of rotatable bonds is 12. The lowest BCUT2D eigenvalue weighted by Gasteiger charge is -2.40. The number of phenolic OH excluding ortho intramolecular Hbond substituents is 1. The van der Waals surface area contributed by atoms with Crippen LogP contribution in [0.1, 0.15) is 17.2 Å². The van der Waals surface area contributed by atoms with Crippen molar-refractivity contribution in [2.24, 2.45) is 0 Å². The number of methoxy groups -OCH3 is 2. The molecule has 12 nitrogen and oxygen atoms in total. The van der Waals surface area contributed by atoms with Crippen LogP contribution in [0.3, 0.4) is 0 Å². The van der Waals surface area contributed by atoms with Gasteiger partial charge in [0.2, 0.25) is 0 Å². The van der Waals surface area contributed by atoms with Gasteiger partial charge in [0.25, 0.3) is 0 Å². The zero-order chi connectivity index (χ0) is 27.8. The molecule has 0 saturated carbocycles. The maximum Gasteiger partial charge on any atom is 0.186 e. The van der Waals surface area contributed by atoms with Crippen LogP contribution < -0.4 is 14.2 Å². The minimum atomic E-state index is -1.65. The Balaban J connectivity index is 1.88. The maximum atomic E-state index is 11.2. The first-order valence-electron chi connectivity index (χ1n) is 11.8. The van der Waals surface area contributed by atoms with Crippen LogP contribution in [-0.2, 0) is 9.47 Å². The molecule has 1 aliphatic rings. The van der Waals surface area contributed by atoms with E-state index >= 15 is 0 Å². The molecule has 7 N–H and O–H groups in total. The van der Waals surface area contributed by atoms with Crippen LogP contribution in [0.25, 0.3) is 6.08 Å². The molecule has 1 fully saturated rings. The van der Waals surface area contributed by atoms with Crippen molar-refractivity contribution in [3.63, 3.8) is 0 Å². The summed E-state index contributed by atoms with van der Waals surface area (Å²) >= 11 is 0. The van der Waals surface area contributed by atoms with E-state index in [0.717, 1.165) is 5.56 Å². The number of hydrogen-bond acceptors (Lipinski definition) is 12. The highest BCUT2D eigenvalue weighted by atomic mass is 16.7. The fraction of sp³-hybridized carbons (Fsp3) is 0.462. The number of phenols is 1. The van der Waals surface area contributed by atoms with Crippen molar-refractivity contribution >= 4 is 6.08 Å². The molecule has 0 amide bonds. The molecule has 1 saturated heterocycles. The fourth-order valence-corrected chi connectivity index (χ4v) is 3.91. The second-order valence-corrected chi connectivity index (χ2v) is 8.56. The van der Waals surface area contributed by atoms with Gasteiger partial charge in [0.15, 0.2) is 35.4 Å². The fourth-order valence-electron chi connectivity index (χ4n) is 3.91. The van der Waals surface area contributed by atoms with Gasteiger partial charge >= 0.3 is 0 Å². The van der Waals surface area contributed by atoms with E-state index < -0.39 is 49.5 Å². The van der Waals surface area contributed by atoms with E-state index in [1.54, 1.807) is 30.4 Å².